The van der Waals surface area contributed by atoms with Gasteiger partial charge in [0.2, 0.25) is 0 Å². The summed E-state index contributed by atoms with van der Waals surface area (Å²) in [6.07, 6.45) is 0. The molecule has 2 aromatic carbocycles. The SMILES string of the molecule is CN(C)c1ccc(N([O-])O)cc1C(=O)OCc1cc(-c2ccccc2)on1. The number of rotatable bonds is 6. The van der Waals surface area contributed by atoms with Crippen LogP contribution in [0.25, 0.3) is 11.3 Å². The fourth-order valence-electron chi connectivity index (χ4n) is 2.53. The summed E-state index contributed by atoms with van der Waals surface area (Å²) in [5, 5.41) is 23.8. The number of carbonyl (C=O) groups is 1. The Morgan fingerprint density at radius 2 is 1.93 bits per heavy atom. The molecule has 0 aliphatic carbocycles. The van der Waals surface area contributed by atoms with Gasteiger partial charge in [-0.05, 0) is 18.2 Å². The predicted molar refractivity (Wildman–Crippen MR) is 99.5 cm³/mol. The van der Waals surface area contributed by atoms with Gasteiger partial charge in [-0.2, -0.15) is 0 Å². The molecule has 1 N–H and O–H groups in total. The van der Waals surface area contributed by atoms with E-state index >= 15 is 0 Å². The van der Waals surface area contributed by atoms with E-state index in [1.165, 1.54) is 12.1 Å². The maximum absolute atomic E-state index is 12.5. The van der Waals surface area contributed by atoms with Gasteiger partial charge in [-0.25, -0.2) is 4.79 Å². The highest BCUT2D eigenvalue weighted by atomic mass is 16.8. The van der Waals surface area contributed by atoms with Gasteiger partial charge in [-0.1, -0.05) is 35.5 Å². The fraction of sp³-hybridized carbons (Fsp3) is 0.158. The molecule has 27 heavy (non-hydrogen) atoms. The highest BCUT2D eigenvalue weighted by molar-refractivity contribution is 5.97. The molecule has 0 spiro atoms. The molecule has 0 aliphatic heterocycles. The van der Waals surface area contributed by atoms with Gasteiger partial charge in [0.15, 0.2) is 5.76 Å². The zero-order valence-electron chi connectivity index (χ0n) is 14.8. The summed E-state index contributed by atoms with van der Waals surface area (Å²) < 4.78 is 10.6. The van der Waals surface area contributed by atoms with Gasteiger partial charge in [0.25, 0.3) is 0 Å². The predicted octanol–water partition coefficient (Wildman–Crippen LogP) is 3.46. The molecule has 0 unspecified atom stereocenters. The Kier molecular flexibility index (Phi) is 5.39. The van der Waals surface area contributed by atoms with Gasteiger partial charge >= 0.3 is 5.97 Å². The summed E-state index contributed by atoms with van der Waals surface area (Å²) in [5.41, 5.74) is 1.95. The van der Waals surface area contributed by atoms with Crippen molar-refractivity contribution < 1.29 is 19.3 Å². The summed E-state index contributed by atoms with van der Waals surface area (Å²) in [6.45, 7) is -0.0908. The van der Waals surface area contributed by atoms with E-state index in [-0.39, 0.29) is 23.1 Å². The molecule has 0 bridgehead atoms. The monoisotopic (exact) mass is 368 g/mol. The highest BCUT2D eigenvalue weighted by Gasteiger charge is 2.17. The van der Waals surface area contributed by atoms with Crippen LogP contribution in [-0.2, 0) is 11.3 Å². The van der Waals surface area contributed by atoms with Crippen LogP contribution in [0.2, 0.25) is 0 Å². The minimum absolute atomic E-state index is 0.0691. The number of hydrogen-bond acceptors (Lipinski definition) is 8. The van der Waals surface area contributed by atoms with Crippen LogP contribution in [0.1, 0.15) is 16.1 Å². The summed E-state index contributed by atoms with van der Waals surface area (Å²) >= 11 is 0. The van der Waals surface area contributed by atoms with Crippen LogP contribution in [0.5, 0.6) is 0 Å². The first-order valence-electron chi connectivity index (χ1n) is 8.11. The zero-order valence-corrected chi connectivity index (χ0v) is 14.8. The molecule has 8 nitrogen and oxygen atoms in total. The Balaban J connectivity index is 1.74. The standard InChI is InChI=1S/C19H18N3O5/c1-21(2)17-9-8-15(22(24)25)11-16(17)19(23)26-12-14-10-18(27-20-14)13-6-4-3-5-7-13/h3-11,24H,12H2,1-2H3/q-1. The number of esters is 1. The molecule has 0 atom stereocenters. The van der Waals surface area contributed by atoms with Crippen LogP contribution in [0.4, 0.5) is 11.4 Å². The third-order valence-corrected chi connectivity index (χ3v) is 3.87. The van der Waals surface area contributed by atoms with Crippen molar-refractivity contribution in [2.24, 2.45) is 0 Å². The molecule has 0 aliphatic rings. The van der Waals surface area contributed by atoms with Crippen molar-refractivity contribution in [2.45, 2.75) is 6.61 Å². The van der Waals surface area contributed by atoms with Crippen LogP contribution in [0.15, 0.2) is 59.1 Å². The summed E-state index contributed by atoms with van der Waals surface area (Å²) in [5.74, 6) is -0.0773. The van der Waals surface area contributed by atoms with Crippen molar-refractivity contribution in [1.29, 1.82) is 0 Å². The van der Waals surface area contributed by atoms with E-state index in [0.717, 1.165) is 5.56 Å². The minimum atomic E-state index is -0.647. The van der Waals surface area contributed by atoms with Crippen LogP contribution in [0, 0.1) is 5.21 Å². The number of anilines is 2. The lowest BCUT2D eigenvalue weighted by molar-refractivity contribution is 0.0465. The average molecular weight is 368 g/mol. The topological polar surface area (TPSA) is 102 Å². The normalized spacial score (nSPS) is 10.5. The summed E-state index contributed by atoms with van der Waals surface area (Å²) in [4.78, 5) is 14.2. The Labute approximate surface area is 155 Å². The van der Waals surface area contributed by atoms with Gasteiger partial charge in [-0.3, -0.25) is 5.21 Å². The molecular weight excluding hydrogens is 350 g/mol. The van der Waals surface area contributed by atoms with Crippen LogP contribution in [0.3, 0.4) is 0 Å². The maximum Gasteiger partial charge on any atom is 0.340 e. The van der Waals surface area contributed by atoms with Crippen LogP contribution >= 0.6 is 0 Å². The van der Waals surface area contributed by atoms with Gasteiger partial charge in [0, 0.05) is 25.7 Å². The number of ether oxygens (including phenoxy) is 1. The first-order chi connectivity index (χ1) is 13.0. The highest BCUT2D eigenvalue weighted by Crippen LogP contribution is 2.26. The zero-order chi connectivity index (χ0) is 19.4. The molecule has 0 saturated carbocycles. The Hall–Kier alpha value is -3.36. The van der Waals surface area contributed by atoms with Crippen molar-refractivity contribution >= 4 is 17.3 Å². The Morgan fingerprint density at radius 3 is 2.59 bits per heavy atom. The molecule has 1 aromatic heterocycles. The number of aromatic nitrogens is 1. The van der Waals surface area contributed by atoms with Crippen LogP contribution in [-0.4, -0.2) is 30.4 Å². The number of nitrogens with zero attached hydrogens (tertiary/aromatic N) is 3. The van der Waals surface area contributed by atoms with Gasteiger partial charge in [0.05, 0.1) is 16.9 Å². The molecule has 0 saturated heterocycles. The molecule has 1 heterocycles. The minimum Gasteiger partial charge on any atom is -0.733 e. The lowest BCUT2D eigenvalue weighted by atomic mass is 10.1. The molecule has 0 fully saturated rings. The van der Waals surface area contributed by atoms with E-state index in [4.69, 9.17) is 14.5 Å². The van der Waals surface area contributed by atoms with Crippen molar-refractivity contribution in [3.8, 4) is 11.3 Å². The third kappa shape index (κ3) is 4.25. The van der Waals surface area contributed by atoms with E-state index in [0.29, 0.717) is 17.1 Å². The van der Waals surface area contributed by atoms with Gasteiger partial charge in [-0.15, -0.1) is 0 Å². The Bertz CT molecular complexity index is 922. The van der Waals surface area contributed by atoms with E-state index in [1.807, 2.05) is 30.3 Å². The molecule has 3 rings (SSSR count). The lowest BCUT2D eigenvalue weighted by Gasteiger charge is -2.24. The Morgan fingerprint density at radius 1 is 1.19 bits per heavy atom. The van der Waals surface area contributed by atoms with Gasteiger partial charge in [0.1, 0.15) is 12.3 Å². The molecular formula is C19H18N3O5-. The van der Waals surface area contributed by atoms with Crippen molar-refractivity contribution in [2.75, 3.05) is 24.2 Å². The molecule has 0 amide bonds. The number of hydrogen-bond donors (Lipinski definition) is 1. The molecule has 0 radical (unpaired) electrons. The van der Waals surface area contributed by atoms with Crippen LogP contribution < -0.4 is 10.1 Å². The second-order valence-corrected chi connectivity index (χ2v) is 5.99. The first kappa shape index (κ1) is 18.4. The molecule has 3 aromatic rings. The third-order valence-electron chi connectivity index (χ3n) is 3.87. The quantitative estimate of drug-likeness (QED) is 0.521. The van der Waals surface area contributed by atoms with E-state index in [9.17, 15) is 10.0 Å². The van der Waals surface area contributed by atoms with Crippen molar-refractivity contribution in [3.05, 3.63) is 71.1 Å². The lowest BCUT2D eigenvalue weighted by Crippen LogP contribution is -2.17. The van der Waals surface area contributed by atoms with Crippen molar-refractivity contribution in [1.82, 2.24) is 5.16 Å². The average Bonchev–Trinajstić information content (AvgIpc) is 3.15. The second kappa shape index (κ2) is 7.90. The maximum atomic E-state index is 12.5. The van der Waals surface area contributed by atoms with E-state index < -0.39 is 5.97 Å². The first-order valence-corrected chi connectivity index (χ1v) is 8.11. The second-order valence-electron chi connectivity index (χ2n) is 5.99. The smallest absolute Gasteiger partial charge is 0.340 e. The van der Waals surface area contributed by atoms with Crippen molar-refractivity contribution in [3.63, 3.8) is 0 Å². The largest absolute Gasteiger partial charge is 0.733 e. The molecule has 140 valence electrons. The van der Waals surface area contributed by atoms with E-state index in [1.54, 1.807) is 31.1 Å². The summed E-state index contributed by atoms with van der Waals surface area (Å²) in [6, 6.07) is 15.3. The van der Waals surface area contributed by atoms with Gasteiger partial charge < -0.3 is 24.6 Å². The fourth-order valence-corrected chi connectivity index (χ4v) is 2.53. The van der Waals surface area contributed by atoms with E-state index in [2.05, 4.69) is 5.16 Å². The summed E-state index contributed by atoms with van der Waals surface area (Å²) in [7, 11) is 3.51. The number of benzene rings is 2. The molecule has 8 heteroatoms. The number of carbonyl (C=O) groups excluding carboxylic acids is 1.